The molecule has 0 saturated carbocycles. The largest absolute Gasteiger partial charge is 0.496 e. The Morgan fingerprint density at radius 1 is 1.24 bits per heavy atom. The highest BCUT2D eigenvalue weighted by atomic mass is 16.5. The Labute approximate surface area is 100 Å². The van der Waals surface area contributed by atoms with E-state index in [1.165, 1.54) is 0 Å². The number of nitrogen functional groups attached to an aromatic ring is 1. The summed E-state index contributed by atoms with van der Waals surface area (Å²) >= 11 is 0. The van der Waals surface area contributed by atoms with Gasteiger partial charge in [-0.1, -0.05) is 5.16 Å². The molecule has 0 atom stereocenters. The van der Waals surface area contributed by atoms with Crippen molar-refractivity contribution in [3.63, 3.8) is 0 Å². The molecule has 17 heavy (non-hydrogen) atoms. The molecule has 0 bridgehead atoms. The van der Waals surface area contributed by atoms with Gasteiger partial charge in [-0.25, -0.2) is 0 Å². The zero-order valence-corrected chi connectivity index (χ0v) is 10.5. The lowest BCUT2D eigenvalue weighted by Gasteiger charge is -2.11. The molecule has 2 aromatic rings. The highest BCUT2D eigenvalue weighted by molar-refractivity contribution is 5.77. The van der Waals surface area contributed by atoms with Crippen LogP contribution in [0.2, 0.25) is 0 Å². The van der Waals surface area contributed by atoms with Gasteiger partial charge in [-0.3, -0.25) is 0 Å². The Morgan fingerprint density at radius 2 is 1.94 bits per heavy atom. The fraction of sp³-hybridized carbons (Fsp3) is 0.308. The number of hydrogen-bond acceptors (Lipinski definition) is 4. The van der Waals surface area contributed by atoms with Gasteiger partial charge in [-0.05, 0) is 38.5 Å². The van der Waals surface area contributed by atoms with E-state index in [9.17, 15) is 0 Å². The predicted octanol–water partition coefficient (Wildman–Crippen LogP) is 2.86. The Kier molecular flexibility index (Phi) is 2.79. The van der Waals surface area contributed by atoms with Crippen LogP contribution in [-0.2, 0) is 0 Å². The number of nitrogens with zero attached hydrogens (tertiary/aromatic N) is 1. The number of nitrogens with two attached hydrogens (primary N) is 1. The second kappa shape index (κ2) is 4.13. The highest BCUT2D eigenvalue weighted by Gasteiger charge is 2.16. The van der Waals surface area contributed by atoms with E-state index in [1.54, 1.807) is 7.11 Å². The van der Waals surface area contributed by atoms with Crippen molar-refractivity contribution in [1.82, 2.24) is 5.16 Å². The van der Waals surface area contributed by atoms with Gasteiger partial charge in [0.2, 0.25) is 0 Å². The van der Waals surface area contributed by atoms with Crippen molar-refractivity contribution in [2.75, 3.05) is 12.8 Å². The molecule has 0 aliphatic carbocycles. The van der Waals surface area contributed by atoms with Crippen molar-refractivity contribution < 1.29 is 9.26 Å². The van der Waals surface area contributed by atoms with Gasteiger partial charge < -0.3 is 15.0 Å². The molecular weight excluding hydrogens is 216 g/mol. The minimum absolute atomic E-state index is 0.737. The van der Waals surface area contributed by atoms with Crippen molar-refractivity contribution in [3.05, 3.63) is 29.2 Å². The topological polar surface area (TPSA) is 61.3 Å². The van der Waals surface area contributed by atoms with Crippen LogP contribution in [0.25, 0.3) is 11.1 Å². The summed E-state index contributed by atoms with van der Waals surface area (Å²) in [6, 6.07) is 3.83. The SMILES string of the molecule is COc1cc(C)c(N)cc1-c1c(C)noc1C. The Bertz CT molecular complexity index is 539. The summed E-state index contributed by atoms with van der Waals surface area (Å²) in [5, 5.41) is 3.95. The summed E-state index contributed by atoms with van der Waals surface area (Å²) in [4.78, 5) is 0. The summed E-state index contributed by atoms with van der Waals surface area (Å²) in [6.45, 7) is 5.74. The van der Waals surface area contributed by atoms with Crippen LogP contribution in [0, 0.1) is 20.8 Å². The minimum atomic E-state index is 0.737. The minimum Gasteiger partial charge on any atom is -0.496 e. The number of benzene rings is 1. The summed E-state index contributed by atoms with van der Waals surface area (Å²) in [7, 11) is 1.65. The number of anilines is 1. The average Bonchev–Trinajstić information content (AvgIpc) is 2.62. The summed E-state index contributed by atoms with van der Waals surface area (Å²) in [5.74, 6) is 1.55. The first kappa shape index (κ1) is 11.5. The molecule has 0 aliphatic heterocycles. The van der Waals surface area contributed by atoms with Crippen LogP contribution >= 0.6 is 0 Å². The number of methoxy groups -OCH3 is 1. The highest BCUT2D eigenvalue weighted by Crippen LogP contribution is 2.37. The smallest absolute Gasteiger partial charge is 0.141 e. The third-order valence-corrected chi connectivity index (χ3v) is 2.89. The third kappa shape index (κ3) is 1.86. The maximum Gasteiger partial charge on any atom is 0.141 e. The summed E-state index contributed by atoms with van der Waals surface area (Å²) in [5.41, 5.74) is 10.4. The standard InChI is InChI=1S/C13H16N2O2/c1-7-5-12(16-4)10(6-11(7)14)13-8(2)15-17-9(13)3/h5-6H,14H2,1-4H3. The van der Waals surface area contributed by atoms with E-state index < -0.39 is 0 Å². The fourth-order valence-electron chi connectivity index (χ4n) is 1.93. The molecule has 0 unspecified atom stereocenters. The Morgan fingerprint density at radius 3 is 2.47 bits per heavy atom. The van der Waals surface area contributed by atoms with Gasteiger partial charge in [-0.15, -0.1) is 0 Å². The van der Waals surface area contributed by atoms with Gasteiger partial charge >= 0.3 is 0 Å². The van der Waals surface area contributed by atoms with Crippen molar-refractivity contribution in [1.29, 1.82) is 0 Å². The van der Waals surface area contributed by atoms with Gasteiger partial charge in [0.05, 0.1) is 18.4 Å². The van der Waals surface area contributed by atoms with Gasteiger partial charge in [-0.2, -0.15) is 0 Å². The summed E-state index contributed by atoms with van der Waals surface area (Å²) < 4.78 is 10.6. The lowest BCUT2D eigenvalue weighted by Crippen LogP contribution is -1.95. The molecule has 0 fully saturated rings. The van der Waals surface area contributed by atoms with Gasteiger partial charge in [0, 0.05) is 11.3 Å². The molecular formula is C13H16N2O2. The maximum absolute atomic E-state index is 5.94. The van der Waals surface area contributed by atoms with E-state index in [4.69, 9.17) is 15.0 Å². The van der Waals surface area contributed by atoms with E-state index in [2.05, 4.69) is 5.16 Å². The number of ether oxygens (including phenoxy) is 1. The lowest BCUT2D eigenvalue weighted by atomic mass is 10.0. The number of aromatic nitrogens is 1. The van der Waals surface area contributed by atoms with Crippen LogP contribution in [0.1, 0.15) is 17.0 Å². The lowest BCUT2D eigenvalue weighted by molar-refractivity contribution is 0.393. The molecule has 0 radical (unpaired) electrons. The number of hydrogen-bond donors (Lipinski definition) is 1. The monoisotopic (exact) mass is 232 g/mol. The molecule has 4 nitrogen and oxygen atoms in total. The molecule has 0 saturated heterocycles. The van der Waals surface area contributed by atoms with Crippen molar-refractivity contribution in [2.24, 2.45) is 0 Å². The van der Waals surface area contributed by atoms with Crippen LogP contribution in [0.15, 0.2) is 16.7 Å². The molecule has 2 N–H and O–H groups in total. The van der Waals surface area contributed by atoms with E-state index in [0.717, 1.165) is 39.6 Å². The van der Waals surface area contributed by atoms with Crippen LogP contribution in [0.4, 0.5) is 5.69 Å². The van der Waals surface area contributed by atoms with E-state index in [0.29, 0.717) is 0 Å². The fourth-order valence-corrected chi connectivity index (χ4v) is 1.93. The maximum atomic E-state index is 5.94. The van der Waals surface area contributed by atoms with E-state index >= 15 is 0 Å². The van der Waals surface area contributed by atoms with E-state index in [-0.39, 0.29) is 0 Å². The Balaban J connectivity index is 2.70. The second-order valence-electron chi connectivity index (χ2n) is 4.11. The van der Waals surface area contributed by atoms with Crippen molar-refractivity contribution in [3.8, 4) is 16.9 Å². The number of rotatable bonds is 2. The van der Waals surface area contributed by atoms with Crippen LogP contribution in [-0.4, -0.2) is 12.3 Å². The van der Waals surface area contributed by atoms with Crippen LogP contribution in [0.3, 0.4) is 0 Å². The number of aryl methyl sites for hydroxylation is 3. The van der Waals surface area contributed by atoms with Crippen molar-refractivity contribution >= 4 is 5.69 Å². The molecule has 90 valence electrons. The van der Waals surface area contributed by atoms with Gasteiger partial charge in [0.15, 0.2) is 0 Å². The Hall–Kier alpha value is -1.97. The molecule has 4 heteroatoms. The zero-order chi connectivity index (χ0) is 12.6. The molecule has 1 aromatic carbocycles. The molecule has 1 heterocycles. The first-order valence-corrected chi connectivity index (χ1v) is 5.42. The average molecular weight is 232 g/mol. The molecule has 0 spiro atoms. The predicted molar refractivity (Wildman–Crippen MR) is 67.1 cm³/mol. The van der Waals surface area contributed by atoms with E-state index in [1.807, 2.05) is 32.9 Å². The van der Waals surface area contributed by atoms with Gasteiger partial charge in [0.1, 0.15) is 11.5 Å². The van der Waals surface area contributed by atoms with Gasteiger partial charge in [0.25, 0.3) is 0 Å². The zero-order valence-electron chi connectivity index (χ0n) is 10.5. The first-order valence-electron chi connectivity index (χ1n) is 5.42. The molecule has 2 rings (SSSR count). The second-order valence-corrected chi connectivity index (χ2v) is 4.11. The van der Waals surface area contributed by atoms with Crippen LogP contribution < -0.4 is 10.5 Å². The summed E-state index contributed by atoms with van der Waals surface area (Å²) in [6.07, 6.45) is 0. The normalized spacial score (nSPS) is 10.6. The quantitative estimate of drug-likeness (QED) is 0.809. The third-order valence-electron chi connectivity index (χ3n) is 2.89. The molecule has 0 aliphatic rings. The van der Waals surface area contributed by atoms with Crippen molar-refractivity contribution in [2.45, 2.75) is 20.8 Å². The molecule has 0 amide bonds. The first-order chi connectivity index (χ1) is 8.04. The van der Waals surface area contributed by atoms with Crippen LogP contribution in [0.5, 0.6) is 5.75 Å². The molecule has 1 aromatic heterocycles.